The van der Waals surface area contributed by atoms with Crippen molar-refractivity contribution in [2.45, 2.75) is 25.8 Å². The fourth-order valence-corrected chi connectivity index (χ4v) is 2.47. The summed E-state index contributed by atoms with van der Waals surface area (Å²) in [5.41, 5.74) is 1.81. The molecule has 1 N–H and O–H groups in total. The zero-order valence-corrected chi connectivity index (χ0v) is 14.8. The predicted octanol–water partition coefficient (Wildman–Crippen LogP) is 2.12. The Balaban J connectivity index is 1.44. The van der Waals surface area contributed by atoms with Crippen LogP contribution in [-0.4, -0.2) is 32.9 Å². The number of methoxy groups -OCH3 is 1. The molecule has 3 aromatic rings. The van der Waals surface area contributed by atoms with Gasteiger partial charge in [0.1, 0.15) is 5.75 Å². The number of hydrogen-bond donors (Lipinski definition) is 1. The summed E-state index contributed by atoms with van der Waals surface area (Å²) in [4.78, 5) is 16.3. The average Bonchev–Trinajstić information content (AvgIpc) is 3.29. The first-order valence-corrected chi connectivity index (χ1v) is 8.36. The number of amides is 1. The number of hydrogen-bond acceptors (Lipinski definition) is 6. The molecule has 8 heteroatoms. The molecule has 1 amide bonds. The summed E-state index contributed by atoms with van der Waals surface area (Å²) >= 11 is 0. The molecule has 0 fully saturated rings. The number of rotatable bonds is 8. The number of ether oxygens (including phenoxy) is 1. The zero-order valence-electron chi connectivity index (χ0n) is 14.8. The first-order valence-electron chi connectivity index (χ1n) is 8.36. The summed E-state index contributed by atoms with van der Waals surface area (Å²) in [6.45, 7) is 0.470. The van der Waals surface area contributed by atoms with Crippen LogP contribution in [0.1, 0.15) is 24.4 Å². The second-order valence-electron chi connectivity index (χ2n) is 5.82. The maximum absolute atomic E-state index is 11.9. The van der Waals surface area contributed by atoms with E-state index in [2.05, 4.69) is 20.6 Å². The van der Waals surface area contributed by atoms with Gasteiger partial charge >= 0.3 is 0 Å². The molecule has 0 radical (unpaired) electrons. The Morgan fingerprint density at radius 2 is 2.08 bits per heavy atom. The number of nitrogens with one attached hydrogen (secondary N) is 1. The van der Waals surface area contributed by atoms with Crippen molar-refractivity contribution in [1.29, 1.82) is 0 Å². The van der Waals surface area contributed by atoms with E-state index in [1.807, 2.05) is 37.4 Å². The van der Waals surface area contributed by atoms with Gasteiger partial charge in [-0.05, 0) is 36.8 Å². The lowest BCUT2D eigenvalue weighted by molar-refractivity contribution is -0.121. The number of aromatic nitrogens is 4. The highest BCUT2D eigenvalue weighted by molar-refractivity contribution is 5.75. The normalized spacial score (nSPS) is 10.7. The maximum atomic E-state index is 11.9. The van der Waals surface area contributed by atoms with Gasteiger partial charge in [-0.1, -0.05) is 5.16 Å². The van der Waals surface area contributed by atoms with E-state index in [0.717, 1.165) is 17.0 Å². The van der Waals surface area contributed by atoms with E-state index in [1.54, 1.807) is 18.0 Å². The standard InChI is InChI=1S/C18H21N5O3/c1-23-14(10-11-20-23)12-19-16(24)4-3-5-17-21-18(22-26-17)13-6-8-15(25-2)9-7-13/h6-11H,3-5,12H2,1-2H3,(H,19,24). The van der Waals surface area contributed by atoms with Crippen molar-refractivity contribution in [3.8, 4) is 17.1 Å². The summed E-state index contributed by atoms with van der Waals surface area (Å²) in [5, 5.41) is 10.9. The van der Waals surface area contributed by atoms with Gasteiger partial charge in [0.15, 0.2) is 0 Å². The van der Waals surface area contributed by atoms with E-state index in [0.29, 0.717) is 37.5 Å². The summed E-state index contributed by atoms with van der Waals surface area (Å²) in [6, 6.07) is 9.31. The lowest BCUT2D eigenvalue weighted by atomic mass is 10.2. The third-order valence-electron chi connectivity index (χ3n) is 4.00. The molecule has 0 unspecified atom stereocenters. The van der Waals surface area contributed by atoms with Crippen LogP contribution in [0.25, 0.3) is 11.4 Å². The number of nitrogens with zero attached hydrogens (tertiary/aromatic N) is 4. The third kappa shape index (κ3) is 4.47. The molecule has 3 rings (SSSR count). The quantitative estimate of drug-likeness (QED) is 0.665. The highest BCUT2D eigenvalue weighted by Gasteiger charge is 2.10. The minimum absolute atomic E-state index is 0.0129. The van der Waals surface area contributed by atoms with Crippen LogP contribution >= 0.6 is 0 Å². The Morgan fingerprint density at radius 3 is 2.77 bits per heavy atom. The van der Waals surface area contributed by atoms with Gasteiger partial charge in [-0.15, -0.1) is 0 Å². The molecule has 8 nitrogen and oxygen atoms in total. The molecule has 0 atom stereocenters. The lowest BCUT2D eigenvalue weighted by Gasteiger charge is -2.04. The molecule has 0 saturated heterocycles. The van der Waals surface area contributed by atoms with Crippen LogP contribution in [0.3, 0.4) is 0 Å². The van der Waals surface area contributed by atoms with Crippen molar-refractivity contribution in [1.82, 2.24) is 25.2 Å². The van der Waals surface area contributed by atoms with E-state index < -0.39 is 0 Å². The maximum Gasteiger partial charge on any atom is 0.226 e. The molecule has 136 valence electrons. The topological polar surface area (TPSA) is 95.1 Å². The minimum atomic E-state index is -0.0129. The van der Waals surface area contributed by atoms with Gasteiger partial charge in [0.25, 0.3) is 0 Å². The second-order valence-corrected chi connectivity index (χ2v) is 5.82. The third-order valence-corrected chi connectivity index (χ3v) is 4.00. The van der Waals surface area contributed by atoms with E-state index in [1.165, 1.54) is 0 Å². The fourth-order valence-electron chi connectivity index (χ4n) is 2.47. The van der Waals surface area contributed by atoms with E-state index >= 15 is 0 Å². The molecular formula is C18H21N5O3. The van der Waals surface area contributed by atoms with Gasteiger partial charge < -0.3 is 14.6 Å². The minimum Gasteiger partial charge on any atom is -0.497 e. The van der Waals surface area contributed by atoms with Crippen LogP contribution in [0.15, 0.2) is 41.1 Å². The van der Waals surface area contributed by atoms with Gasteiger partial charge in [0.2, 0.25) is 17.6 Å². The van der Waals surface area contributed by atoms with Gasteiger partial charge in [-0.25, -0.2) is 0 Å². The van der Waals surface area contributed by atoms with Crippen LogP contribution < -0.4 is 10.1 Å². The predicted molar refractivity (Wildman–Crippen MR) is 94.3 cm³/mol. The molecule has 2 aromatic heterocycles. The molecule has 1 aromatic carbocycles. The largest absolute Gasteiger partial charge is 0.497 e. The molecular weight excluding hydrogens is 334 g/mol. The van der Waals surface area contributed by atoms with Crippen LogP contribution in [-0.2, 0) is 24.8 Å². The van der Waals surface area contributed by atoms with Gasteiger partial charge in [-0.2, -0.15) is 10.1 Å². The van der Waals surface area contributed by atoms with Crippen molar-refractivity contribution < 1.29 is 14.1 Å². The fraction of sp³-hybridized carbons (Fsp3) is 0.333. The van der Waals surface area contributed by atoms with Crippen LogP contribution in [0.4, 0.5) is 0 Å². The van der Waals surface area contributed by atoms with Gasteiger partial charge in [-0.3, -0.25) is 9.48 Å². The second kappa shape index (κ2) is 8.28. The summed E-state index contributed by atoms with van der Waals surface area (Å²) in [5.74, 6) is 1.81. The van der Waals surface area contributed by atoms with Crippen LogP contribution in [0.5, 0.6) is 5.75 Å². The summed E-state index contributed by atoms with van der Waals surface area (Å²) in [6.07, 6.45) is 3.30. The molecule has 0 aliphatic carbocycles. The van der Waals surface area contributed by atoms with Crippen molar-refractivity contribution >= 4 is 5.91 Å². The molecule has 0 spiro atoms. The monoisotopic (exact) mass is 355 g/mol. The lowest BCUT2D eigenvalue weighted by Crippen LogP contribution is -2.23. The van der Waals surface area contributed by atoms with Crippen molar-refractivity contribution in [3.05, 3.63) is 48.1 Å². The molecule has 0 bridgehead atoms. The van der Waals surface area contributed by atoms with E-state index in [-0.39, 0.29) is 5.91 Å². The first kappa shape index (κ1) is 17.7. The summed E-state index contributed by atoms with van der Waals surface area (Å²) in [7, 11) is 3.46. The number of carbonyl (C=O) groups excluding carboxylic acids is 1. The number of benzene rings is 1. The molecule has 0 saturated carbocycles. The number of aryl methyl sites for hydroxylation is 2. The smallest absolute Gasteiger partial charge is 0.226 e. The van der Waals surface area contributed by atoms with Crippen molar-refractivity contribution in [3.63, 3.8) is 0 Å². The molecule has 0 aliphatic heterocycles. The van der Waals surface area contributed by atoms with Gasteiger partial charge in [0, 0.05) is 31.6 Å². The Hall–Kier alpha value is -3.16. The Kier molecular flexibility index (Phi) is 5.62. The van der Waals surface area contributed by atoms with Gasteiger partial charge in [0.05, 0.1) is 19.3 Å². The molecule has 26 heavy (non-hydrogen) atoms. The molecule has 2 heterocycles. The van der Waals surface area contributed by atoms with E-state index in [9.17, 15) is 4.79 Å². The van der Waals surface area contributed by atoms with Crippen molar-refractivity contribution in [2.24, 2.45) is 7.05 Å². The first-order chi connectivity index (χ1) is 12.7. The molecule has 0 aliphatic rings. The van der Waals surface area contributed by atoms with Crippen LogP contribution in [0, 0.1) is 0 Å². The SMILES string of the molecule is COc1ccc(-c2noc(CCCC(=O)NCc3ccnn3C)n2)cc1. The Morgan fingerprint density at radius 1 is 1.27 bits per heavy atom. The van der Waals surface area contributed by atoms with Crippen molar-refractivity contribution in [2.75, 3.05) is 7.11 Å². The van der Waals surface area contributed by atoms with E-state index in [4.69, 9.17) is 9.26 Å². The highest BCUT2D eigenvalue weighted by Crippen LogP contribution is 2.20. The zero-order chi connectivity index (χ0) is 18.4. The highest BCUT2D eigenvalue weighted by atomic mass is 16.5. The number of carbonyl (C=O) groups is 1. The summed E-state index contributed by atoms with van der Waals surface area (Å²) < 4.78 is 12.1. The Bertz CT molecular complexity index is 854. The Labute approximate surface area is 151 Å². The van der Waals surface area contributed by atoms with Crippen LogP contribution in [0.2, 0.25) is 0 Å². The average molecular weight is 355 g/mol.